The van der Waals surface area contributed by atoms with Crippen molar-refractivity contribution in [3.05, 3.63) is 71.4 Å². The standard InChI is InChI=1S/C62H78O6S8/c1-7-13-19-31-63-43-29-37-69-57(43)54-40-47(67-35-23-17-11-5)60(74-54)55-41-46(66-34-22-16-10-4)58(75-55)52-28-27-50(72-52)49-25-26-51(71-49)53-39-45(65-33-21-15-9-3)59(73-53)56-42-48(68-36-24-18-12-6)62(76-56)61-44(30-38-70-61)64-32-20-14-8-2/h25-30,37-42H,7-24,31-36H2,1-6H3. The third-order valence-electron chi connectivity index (χ3n) is 12.9. The van der Waals surface area contributed by atoms with Gasteiger partial charge in [0.2, 0.25) is 0 Å². The smallest absolute Gasteiger partial charge is 0.139 e. The van der Waals surface area contributed by atoms with Crippen LogP contribution in [-0.2, 0) is 0 Å². The Morgan fingerprint density at radius 1 is 0.250 bits per heavy atom. The van der Waals surface area contributed by atoms with Gasteiger partial charge in [-0.25, -0.2) is 0 Å². The van der Waals surface area contributed by atoms with Crippen molar-refractivity contribution in [3.8, 4) is 103 Å². The molecule has 0 N–H and O–H groups in total. The van der Waals surface area contributed by atoms with Gasteiger partial charge in [-0.3, -0.25) is 0 Å². The van der Waals surface area contributed by atoms with E-state index in [-0.39, 0.29) is 0 Å². The number of rotatable bonds is 37. The highest BCUT2D eigenvalue weighted by molar-refractivity contribution is 7.32. The molecule has 6 nitrogen and oxygen atoms in total. The first-order valence-electron chi connectivity index (χ1n) is 28.2. The number of thiophene rings is 8. The maximum Gasteiger partial charge on any atom is 0.139 e. The SMILES string of the molecule is CCCCCOc1ccsc1-c1cc(OCCCCC)c(-c2cc(OCCCCC)c(-c3ccc(-c4ccc(-c5cc(OCCCCC)c(-c6cc(OCCCCC)c(-c7sccc7OCCCCC)s6)s5)s4)s3)s2)s1. The number of hydrogen-bond donors (Lipinski definition) is 0. The average Bonchev–Trinajstić information content (AvgIpc) is 4.32. The molecule has 0 fully saturated rings. The Morgan fingerprint density at radius 3 is 0.974 bits per heavy atom. The van der Waals surface area contributed by atoms with E-state index in [1.807, 2.05) is 56.7 Å². The van der Waals surface area contributed by atoms with Crippen LogP contribution in [0.2, 0.25) is 0 Å². The molecule has 8 rings (SSSR count). The molecule has 8 heterocycles. The van der Waals surface area contributed by atoms with Gasteiger partial charge in [-0.1, -0.05) is 119 Å². The first-order chi connectivity index (χ1) is 37.5. The van der Waals surface area contributed by atoms with Gasteiger partial charge in [-0.2, -0.15) is 0 Å². The lowest BCUT2D eigenvalue weighted by Crippen LogP contribution is -1.98. The van der Waals surface area contributed by atoms with E-state index in [1.165, 1.54) is 74.5 Å². The molecule has 0 saturated carbocycles. The van der Waals surface area contributed by atoms with Gasteiger partial charge < -0.3 is 28.4 Å². The summed E-state index contributed by atoms with van der Waals surface area (Å²) >= 11 is 14.5. The summed E-state index contributed by atoms with van der Waals surface area (Å²) in [4.78, 5) is 16.7. The van der Waals surface area contributed by atoms with Crippen LogP contribution in [0.1, 0.15) is 157 Å². The van der Waals surface area contributed by atoms with Gasteiger partial charge in [0.05, 0.1) is 83.5 Å². The minimum absolute atomic E-state index is 0.698. The molecule has 0 atom stereocenters. The van der Waals surface area contributed by atoms with Crippen LogP contribution in [0.25, 0.3) is 68.3 Å². The van der Waals surface area contributed by atoms with Crippen LogP contribution >= 0.6 is 90.7 Å². The van der Waals surface area contributed by atoms with Crippen molar-refractivity contribution in [2.24, 2.45) is 0 Å². The van der Waals surface area contributed by atoms with Gasteiger partial charge >= 0.3 is 0 Å². The minimum atomic E-state index is 0.698. The van der Waals surface area contributed by atoms with E-state index >= 15 is 0 Å². The number of unbranched alkanes of at least 4 members (excludes halogenated alkanes) is 12. The predicted molar refractivity (Wildman–Crippen MR) is 338 cm³/mol. The largest absolute Gasteiger partial charge is 0.492 e. The van der Waals surface area contributed by atoms with E-state index < -0.39 is 0 Å². The third kappa shape index (κ3) is 15.8. The van der Waals surface area contributed by atoms with Crippen molar-refractivity contribution >= 4 is 90.7 Å². The maximum absolute atomic E-state index is 6.71. The molecule has 0 spiro atoms. The van der Waals surface area contributed by atoms with Crippen LogP contribution in [-0.4, -0.2) is 39.6 Å². The molecule has 8 aromatic rings. The highest BCUT2D eigenvalue weighted by Gasteiger charge is 2.26. The van der Waals surface area contributed by atoms with E-state index in [4.69, 9.17) is 28.4 Å². The van der Waals surface area contributed by atoms with Crippen LogP contribution in [0.5, 0.6) is 34.5 Å². The summed E-state index contributed by atoms with van der Waals surface area (Å²) < 4.78 is 39.4. The molecule has 410 valence electrons. The lowest BCUT2D eigenvalue weighted by molar-refractivity contribution is 0.304. The lowest BCUT2D eigenvalue weighted by atomic mass is 10.2. The van der Waals surface area contributed by atoms with Crippen molar-refractivity contribution in [2.75, 3.05) is 39.6 Å². The molecule has 0 aliphatic rings. The van der Waals surface area contributed by atoms with E-state index in [1.54, 1.807) is 34.0 Å². The maximum atomic E-state index is 6.71. The quantitative estimate of drug-likeness (QED) is 0.0362. The van der Waals surface area contributed by atoms with Gasteiger partial charge in [-0.05, 0) is 85.7 Å². The van der Waals surface area contributed by atoms with Crippen LogP contribution in [0.15, 0.2) is 71.4 Å². The normalized spacial score (nSPS) is 11.5. The summed E-state index contributed by atoms with van der Waals surface area (Å²) in [5.41, 5.74) is 0. The molecule has 76 heavy (non-hydrogen) atoms. The molecule has 0 aliphatic heterocycles. The molecule has 0 unspecified atom stereocenters. The first kappa shape index (κ1) is 58.5. The lowest BCUT2D eigenvalue weighted by Gasteiger charge is -2.09. The number of ether oxygens (including phenoxy) is 6. The molecule has 14 heteroatoms. The van der Waals surface area contributed by atoms with E-state index in [9.17, 15) is 0 Å². The van der Waals surface area contributed by atoms with Crippen LogP contribution in [0, 0.1) is 0 Å². The first-order valence-corrected chi connectivity index (χ1v) is 34.8. The zero-order valence-corrected chi connectivity index (χ0v) is 52.1. The fourth-order valence-electron chi connectivity index (χ4n) is 8.62. The van der Waals surface area contributed by atoms with Crippen LogP contribution in [0.4, 0.5) is 0 Å². The van der Waals surface area contributed by atoms with Crippen molar-refractivity contribution < 1.29 is 28.4 Å². The Labute approximate surface area is 486 Å². The van der Waals surface area contributed by atoms with E-state index in [2.05, 4.69) is 113 Å². The predicted octanol–water partition coefficient (Wildman–Crippen LogP) is 23.3. The minimum Gasteiger partial charge on any atom is -0.492 e. The summed E-state index contributed by atoms with van der Waals surface area (Å²) in [6.45, 7) is 17.7. The second-order valence-corrected chi connectivity index (χ2v) is 27.3. The molecule has 0 radical (unpaired) electrons. The van der Waals surface area contributed by atoms with Gasteiger partial charge in [0, 0.05) is 48.7 Å². The Balaban J connectivity index is 1.09. The Bertz CT molecular complexity index is 2910. The van der Waals surface area contributed by atoms with Gasteiger partial charge in [0.25, 0.3) is 0 Å². The average molecular weight is 1180 g/mol. The highest BCUT2D eigenvalue weighted by Crippen LogP contribution is 2.56. The fourth-order valence-corrected chi connectivity index (χ4v) is 17.5. The third-order valence-corrected chi connectivity index (χ3v) is 22.6. The number of hydrogen-bond acceptors (Lipinski definition) is 14. The van der Waals surface area contributed by atoms with Crippen LogP contribution in [0.3, 0.4) is 0 Å². The van der Waals surface area contributed by atoms with Crippen molar-refractivity contribution in [1.82, 2.24) is 0 Å². The zero-order chi connectivity index (χ0) is 52.9. The van der Waals surface area contributed by atoms with Crippen molar-refractivity contribution in [1.29, 1.82) is 0 Å². The van der Waals surface area contributed by atoms with Gasteiger partial charge in [0.15, 0.2) is 0 Å². The van der Waals surface area contributed by atoms with E-state index in [0.717, 1.165) is 157 Å². The molecule has 0 bridgehead atoms. The monoisotopic (exact) mass is 1170 g/mol. The van der Waals surface area contributed by atoms with Crippen LogP contribution < -0.4 is 28.4 Å². The topological polar surface area (TPSA) is 55.4 Å². The molecule has 0 aromatic carbocycles. The van der Waals surface area contributed by atoms with E-state index in [0.29, 0.717) is 26.4 Å². The van der Waals surface area contributed by atoms with Crippen molar-refractivity contribution in [3.63, 3.8) is 0 Å². The Kier molecular flexibility index (Phi) is 24.1. The fraction of sp³-hybridized carbons (Fsp3) is 0.484. The molecular weight excluding hydrogens is 1100 g/mol. The second kappa shape index (κ2) is 31.3. The molecule has 0 aliphatic carbocycles. The molecule has 0 amide bonds. The Hall–Kier alpha value is -3.60. The molecule has 0 saturated heterocycles. The summed E-state index contributed by atoms with van der Waals surface area (Å²) in [7, 11) is 0. The molecule has 8 aromatic heterocycles. The van der Waals surface area contributed by atoms with Gasteiger partial charge in [-0.15, -0.1) is 90.7 Å². The second-order valence-electron chi connectivity index (χ2n) is 19.1. The molecular formula is C62H78O6S8. The highest BCUT2D eigenvalue weighted by atomic mass is 32.1. The summed E-state index contributed by atoms with van der Waals surface area (Å²) in [5.74, 6) is 5.72. The van der Waals surface area contributed by atoms with Gasteiger partial charge in [0.1, 0.15) is 34.5 Å². The van der Waals surface area contributed by atoms with Crippen molar-refractivity contribution in [2.45, 2.75) is 157 Å². The summed E-state index contributed by atoms with van der Waals surface area (Å²) in [6, 6.07) is 22.5. The summed E-state index contributed by atoms with van der Waals surface area (Å²) in [6.07, 6.45) is 20.2. The summed E-state index contributed by atoms with van der Waals surface area (Å²) in [5, 5.41) is 4.30. The Morgan fingerprint density at radius 2 is 0.539 bits per heavy atom. The zero-order valence-electron chi connectivity index (χ0n) is 45.6.